The summed E-state index contributed by atoms with van der Waals surface area (Å²) < 4.78 is 16.6. The van der Waals surface area contributed by atoms with Crippen LogP contribution in [0.4, 0.5) is 5.13 Å². The number of carbonyl (C=O) groups excluding carboxylic acids is 3. The molecule has 1 unspecified atom stereocenters. The summed E-state index contributed by atoms with van der Waals surface area (Å²) in [4.78, 5) is 45.5. The number of benzene rings is 1. The first-order chi connectivity index (χ1) is 18.6. The fourth-order valence-corrected chi connectivity index (χ4v) is 5.09. The number of aromatic nitrogens is 1. The number of ether oxygens (including phenoxy) is 2. The number of carbonyl (C=O) groups is 3. The number of ketones is 1. The molecule has 39 heavy (non-hydrogen) atoms. The number of Topliss-reactive ketones (excluding diaryl/α,β-unsaturated/α-hetero) is 1. The second-order valence-electron chi connectivity index (χ2n) is 9.48. The van der Waals surface area contributed by atoms with Gasteiger partial charge in [-0.25, -0.2) is 9.78 Å². The van der Waals surface area contributed by atoms with Crippen molar-refractivity contribution < 1.29 is 33.4 Å². The number of aryl methyl sites for hydroxylation is 2. The van der Waals surface area contributed by atoms with Gasteiger partial charge in [-0.3, -0.25) is 14.5 Å². The number of hydrogen-bond donors (Lipinski definition) is 1. The molecule has 0 bridgehead atoms. The highest BCUT2D eigenvalue weighted by molar-refractivity contribution is 7.17. The van der Waals surface area contributed by atoms with Crippen molar-refractivity contribution in [3.63, 3.8) is 0 Å². The Kier molecular flexibility index (Phi) is 8.35. The summed E-state index contributed by atoms with van der Waals surface area (Å²) in [6.45, 7) is 11.6. The molecule has 1 atom stereocenters. The smallest absolute Gasteiger partial charge is 0.350 e. The van der Waals surface area contributed by atoms with Crippen molar-refractivity contribution in [2.75, 3.05) is 18.1 Å². The Morgan fingerprint density at radius 1 is 1.26 bits per heavy atom. The molecule has 1 amide bonds. The number of furan rings is 1. The molecule has 1 aliphatic heterocycles. The lowest BCUT2D eigenvalue weighted by molar-refractivity contribution is -0.117. The Morgan fingerprint density at radius 3 is 2.69 bits per heavy atom. The Labute approximate surface area is 230 Å². The van der Waals surface area contributed by atoms with Crippen LogP contribution >= 0.6 is 11.3 Å². The van der Waals surface area contributed by atoms with E-state index in [2.05, 4.69) is 25.4 Å². The number of anilines is 1. The van der Waals surface area contributed by atoms with Crippen LogP contribution in [0.1, 0.15) is 63.6 Å². The maximum absolute atomic E-state index is 13.6. The van der Waals surface area contributed by atoms with Gasteiger partial charge in [-0.15, -0.1) is 0 Å². The molecule has 204 valence electrons. The van der Waals surface area contributed by atoms with Crippen LogP contribution in [0.3, 0.4) is 0 Å². The Hall–Kier alpha value is -4.18. The van der Waals surface area contributed by atoms with Gasteiger partial charge in [-0.05, 0) is 56.0 Å². The third kappa shape index (κ3) is 5.80. The van der Waals surface area contributed by atoms with Crippen LogP contribution in [0.15, 0.2) is 64.8 Å². The first-order valence-electron chi connectivity index (χ1n) is 12.5. The molecule has 3 aromatic rings. The van der Waals surface area contributed by atoms with Gasteiger partial charge in [0.15, 0.2) is 16.7 Å². The maximum Gasteiger partial charge on any atom is 0.350 e. The third-order valence-corrected chi connectivity index (χ3v) is 7.20. The quantitative estimate of drug-likeness (QED) is 0.178. The molecular formula is C29H30N2O7S. The topological polar surface area (TPSA) is 119 Å². The van der Waals surface area contributed by atoms with Crippen molar-refractivity contribution in [1.29, 1.82) is 0 Å². The number of rotatable bonds is 11. The van der Waals surface area contributed by atoms with Crippen LogP contribution < -0.4 is 9.64 Å². The number of esters is 1. The normalized spacial score (nSPS) is 15.3. The molecule has 0 aliphatic carbocycles. The summed E-state index contributed by atoms with van der Waals surface area (Å²) in [6.07, 6.45) is 2.30. The molecule has 4 rings (SSSR count). The van der Waals surface area contributed by atoms with E-state index in [1.165, 1.54) is 17.0 Å². The van der Waals surface area contributed by atoms with E-state index in [1.807, 2.05) is 0 Å². The van der Waals surface area contributed by atoms with Gasteiger partial charge in [-0.2, -0.15) is 0 Å². The monoisotopic (exact) mass is 550 g/mol. The summed E-state index contributed by atoms with van der Waals surface area (Å²) in [7, 11) is 0. The van der Waals surface area contributed by atoms with Crippen LogP contribution in [-0.2, 0) is 9.53 Å². The predicted molar refractivity (Wildman–Crippen MR) is 146 cm³/mol. The number of hydrogen-bond acceptors (Lipinski definition) is 9. The summed E-state index contributed by atoms with van der Waals surface area (Å²) in [5, 5.41) is 11.1. The van der Waals surface area contributed by atoms with Crippen LogP contribution in [0.25, 0.3) is 0 Å². The van der Waals surface area contributed by atoms with Crippen molar-refractivity contribution in [3.05, 3.63) is 88.0 Å². The Morgan fingerprint density at radius 2 is 2.03 bits per heavy atom. The average molecular weight is 551 g/mol. The van der Waals surface area contributed by atoms with E-state index in [-0.39, 0.29) is 27.9 Å². The lowest BCUT2D eigenvalue weighted by Crippen LogP contribution is -2.31. The highest BCUT2D eigenvalue weighted by Crippen LogP contribution is 2.44. The molecule has 1 N–H and O–H groups in total. The summed E-state index contributed by atoms with van der Waals surface area (Å²) >= 11 is 0.936. The van der Waals surface area contributed by atoms with E-state index in [0.717, 1.165) is 17.8 Å². The standard InChI is InChI=1S/C29H30N2O7S/c1-6-13-37-28(35)26-18(5)30-29(39-26)31-23(19-8-7-9-20(15-19)36-14-12-16(2)3)22(25(33)27(31)34)24(32)21-11-10-17(4)38-21/h6-11,15-16,23,33H,1,12-14H2,2-5H3. The molecule has 1 aromatic carbocycles. The minimum absolute atomic E-state index is 0.0120. The molecule has 9 nitrogen and oxygen atoms in total. The van der Waals surface area contributed by atoms with E-state index in [4.69, 9.17) is 13.9 Å². The summed E-state index contributed by atoms with van der Waals surface area (Å²) in [6, 6.07) is 9.07. The Balaban J connectivity index is 1.79. The van der Waals surface area contributed by atoms with Gasteiger partial charge in [0.05, 0.1) is 23.9 Å². The van der Waals surface area contributed by atoms with Crippen LogP contribution in [0.5, 0.6) is 5.75 Å². The van der Waals surface area contributed by atoms with E-state index in [1.54, 1.807) is 44.2 Å². The lowest BCUT2D eigenvalue weighted by atomic mass is 9.95. The fraction of sp³-hybridized carbons (Fsp3) is 0.310. The van der Waals surface area contributed by atoms with Crippen molar-refractivity contribution in [3.8, 4) is 5.75 Å². The van der Waals surface area contributed by atoms with Gasteiger partial charge >= 0.3 is 5.97 Å². The second-order valence-corrected chi connectivity index (χ2v) is 10.5. The largest absolute Gasteiger partial charge is 0.503 e. The van der Waals surface area contributed by atoms with E-state index in [0.29, 0.717) is 35.3 Å². The summed E-state index contributed by atoms with van der Waals surface area (Å²) in [5.41, 5.74) is 0.712. The minimum Gasteiger partial charge on any atom is -0.503 e. The molecule has 0 saturated carbocycles. The first kappa shape index (κ1) is 27.8. The zero-order valence-electron chi connectivity index (χ0n) is 22.2. The molecule has 2 aromatic heterocycles. The van der Waals surface area contributed by atoms with Crippen LogP contribution in [0, 0.1) is 19.8 Å². The van der Waals surface area contributed by atoms with Gasteiger partial charge < -0.3 is 19.0 Å². The summed E-state index contributed by atoms with van der Waals surface area (Å²) in [5.74, 6) is -1.27. The second kappa shape index (κ2) is 11.7. The minimum atomic E-state index is -1.05. The SMILES string of the molecule is C=CCOC(=O)c1sc(N2C(=O)C(O)=C(C(=O)c3ccc(C)o3)C2c2cccc(OCCC(C)C)c2)nc1C. The zero-order chi connectivity index (χ0) is 28.3. The third-order valence-electron chi connectivity index (χ3n) is 6.06. The van der Waals surface area contributed by atoms with Crippen molar-refractivity contribution in [2.45, 2.75) is 40.2 Å². The van der Waals surface area contributed by atoms with E-state index in [9.17, 15) is 19.5 Å². The van der Waals surface area contributed by atoms with Gasteiger partial charge in [0.25, 0.3) is 5.91 Å². The van der Waals surface area contributed by atoms with Gasteiger partial charge in [0.1, 0.15) is 23.0 Å². The zero-order valence-corrected chi connectivity index (χ0v) is 23.0. The maximum atomic E-state index is 13.6. The van der Waals surface area contributed by atoms with Crippen LogP contribution in [-0.4, -0.2) is 41.0 Å². The van der Waals surface area contributed by atoms with Gasteiger partial charge in [0.2, 0.25) is 5.78 Å². The molecule has 10 heteroatoms. The van der Waals surface area contributed by atoms with E-state index >= 15 is 0 Å². The van der Waals surface area contributed by atoms with Crippen LogP contribution in [0.2, 0.25) is 0 Å². The van der Waals surface area contributed by atoms with Gasteiger partial charge in [0, 0.05) is 0 Å². The highest BCUT2D eigenvalue weighted by Gasteiger charge is 2.47. The van der Waals surface area contributed by atoms with Crippen molar-refractivity contribution in [1.82, 2.24) is 4.98 Å². The molecule has 0 saturated heterocycles. The molecule has 1 aliphatic rings. The molecule has 0 spiro atoms. The molecule has 0 fully saturated rings. The Bertz CT molecular complexity index is 1450. The number of amides is 1. The average Bonchev–Trinajstić information content (AvgIpc) is 3.58. The van der Waals surface area contributed by atoms with Crippen molar-refractivity contribution >= 4 is 34.1 Å². The fourth-order valence-electron chi connectivity index (χ4n) is 4.10. The molecular weight excluding hydrogens is 520 g/mol. The number of nitrogens with zero attached hydrogens (tertiary/aromatic N) is 2. The molecule has 0 radical (unpaired) electrons. The number of thiazole rings is 1. The van der Waals surface area contributed by atoms with E-state index < -0.39 is 29.5 Å². The number of aliphatic hydroxyl groups excluding tert-OH is 1. The highest BCUT2D eigenvalue weighted by atomic mass is 32.1. The first-order valence-corrected chi connectivity index (χ1v) is 13.3. The predicted octanol–water partition coefficient (Wildman–Crippen LogP) is 5.90. The number of aliphatic hydroxyl groups is 1. The lowest BCUT2D eigenvalue weighted by Gasteiger charge is -2.24. The molecule has 3 heterocycles. The van der Waals surface area contributed by atoms with Crippen molar-refractivity contribution in [2.24, 2.45) is 5.92 Å². The van der Waals surface area contributed by atoms with Gasteiger partial charge in [-0.1, -0.05) is 50.0 Å².